The van der Waals surface area contributed by atoms with Gasteiger partial charge in [0.15, 0.2) is 16.3 Å². The molecule has 8 heteroatoms. The van der Waals surface area contributed by atoms with E-state index in [0.717, 1.165) is 0 Å². The van der Waals surface area contributed by atoms with Crippen LogP contribution in [0.4, 0.5) is 0 Å². The third-order valence-electron chi connectivity index (χ3n) is 2.82. The van der Waals surface area contributed by atoms with E-state index in [4.69, 9.17) is 16.3 Å². The molecule has 0 amide bonds. The van der Waals surface area contributed by atoms with Crippen molar-refractivity contribution in [2.75, 3.05) is 6.61 Å². The second-order valence-corrected chi connectivity index (χ2v) is 4.46. The van der Waals surface area contributed by atoms with Crippen LogP contribution in [0.3, 0.4) is 0 Å². The summed E-state index contributed by atoms with van der Waals surface area (Å²) in [6, 6.07) is 6.78. The number of ether oxygens (including phenoxy) is 1. The molecule has 0 bridgehead atoms. The molecule has 1 aromatic carbocycles. The minimum atomic E-state index is -0.363. The zero-order valence-electron chi connectivity index (χ0n) is 11.0. The zero-order chi connectivity index (χ0) is 14.8. The number of fused-ring (bicyclic) bond motifs is 1. The Kier molecular flexibility index (Phi) is 3.49. The summed E-state index contributed by atoms with van der Waals surface area (Å²) in [4.78, 5) is 19.6. The molecule has 0 fully saturated rings. The van der Waals surface area contributed by atoms with Gasteiger partial charge < -0.3 is 4.74 Å². The molecule has 0 unspecified atom stereocenters. The summed E-state index contributed by atoms with van der Waals surface area (Å²) < 4.78 is 6.46. The Labute approximate surface area is 124 Å². The van der Waals surface area contributed by atoms with Crippen molar-refractivity contribution in [2.45, 2.75) is 6.92 Å². The van der Waals surface area contributed by atoms with E-state index in [1.165, 1.54) is 11.0 Å². The fourth-order valence-corrected chi connectivity index (χ4v) is 2.01. The van der Waals surface area contributed by atoms with Gasteiger partial charge in [-0.25, -0.2) is 14.8 Å². The Bertz CT molecular complexity index is 800. The molecule has 3 aromatic rings. The summed E-state index contributed by atoms with van der Waals surface area (Å²) in [7, 11) is 0. The van der Waals surface area contributed by atoms with Gasteiger partial charge in [0, 0.05) is 0 Å². The molecular formula is C13H10ClN5O2. The Hall–Kier alpha value is -2.54. The zero-order valence-corrected chi connectivity index (χ0v) is 11.8. The van der Waals surface area contributed by atoms with Crippen molar-refractivity contribution in [3.63, 3.8) is 0 Å². The Morgan fingerprint density at radius 3 is 2.76 bits per heavy atom. The van der Waals surface area contributed by atoms with Crippen LogP contribution in [0, 0.1) is 0 Å². The van der Waals surface area contributed by atoms with Gasteiger partial charge in [0.05, 0.1) is 17.9 Å². The van der Waals surface area contributed by atoms with Crippen molar-refractivity contribution in [2.24, 2.45) is 0 Å². The van der Waals surface area contributed by atoms with Crippen LogP contribution in [0.1, 0.15) is 17.3 Å². The van der Waals surface area contributed by atoms with Crippen LogP contribution in [-0.2, 0) is 4.74 Å². The van der Waals surface area contributed by atoms with Crippen molar-refractivity contribution < 1.29 is 9.53 Å². The first-order chi connectivity index (χ1) is 10.2. The molecule has 106 valence electrons. The van der Waals surface area contributed by atoms with Crippen molar-refractivity contribution in [3.8, 4) is 5.69 Å². The number of esters is 1. The molecule has 2 heterocycles. The Morgan fingerprint density at radius 2 is 2.05 bits per heavy atom. The second-order valence-electron chi connectivity index (χ2n) is 4.11. The first-order valence-corrected chi connectivity index (χ1v) is 6.58. The van der Waals surface area contributed by atoms with Crippen LogP contribution in [0.15, 0.2) is 30.6 Å². The molecule has 0 aliphatic rings. The highest BCUT2D eigenvalue weighted by atomic mass is 35.5. The van der Waals surface area contributed by atoms with Gasteiger partial charge in [0.2, 0.25) is 0 Å². The van der Waals surface area contributed by atoms with Crippen LogP contribution >= 0.6 is 11.6 Å². The average molecular weight is 304 g/mol. The van der Waals surface area contributed by atoms with E-state index in [1.54, 1.807) is 31.2 Å². The highest BCUT2D eigenvalue weighted by Gasteiger charge is 2.12. The normalized spacial score (nSPS) is 10.8. The highest BCUT2D eigenvalue weighted by Crippen LogP contribution is 2.19. The number of benzene rings is 1. The van der Waals surface area contributed by atoms with Crippen LogP contribution in [0.2, 0.25) is 5.15 Å². The van der Waals surface area contributed by atoms with E-state index < -0.39 is 0 Å². The quantitative estimate of drug-likeness (QED) is 0.544. The van der Waals surface area contributed by atoms with Gasteiger partial charge in [0.25, 0.3) is 0 Å². The summed E-state index contributed by atoms with van der Waals surface area (Å²) in [6.07, 6.45) is 1.34. The third-order valence-corrected chi connectivity index (χ3v) is 3.09. The molecule has 0 atom stereocenters. The van der Waals surface area contributed by atoms with Crippen molar-refractivity contribution >= 4 is 28.7 Å². The van der Waals surface area contributed by atoms with Gasteiger partial charge in [-0.15, -0.1) is 5.10 Å². The first kappa shape index (κ1) is 13.4. The molecule has 0 N–H and O–H groups in total. The second kappa shape index (κ2) is 5.45. The van der Waals surface area contributed by atoms with E-state index in [9.17, 15) is 4.79 Å². The van der Waals surface area contributed by atoms with Gasteiger partial charge in [0.1, 0.15) is 6.33 Å². The van der Waals surface area contributed by atoms with E-state index >= 15 is 0 Å². The van der Waals surface area contributed by atoms with E-state index in [-0.39, 0.29) is 11.1 Å². The number of hydrogen-bond acceptors (Lipinski definition) is 6. The van der Waals surface area contributed by atoms with Crippen molar-refractivity contribution in [1.29, 1.82) is 0 Å². The lowest BCUT2D eigenvalue weighted by molar-refractivity contribution is 0.0526. The first-order valence-electron chi connectivity index (χ1n) is 6.20. The molecule has 2 aromatic heterocycles. The van der Waals surface area contributed by atoms with Gasteiger partial charge >= 0.3 is 5.97 Å². The summed E-state index contributed by atoms with van der Waals surface area (Å²) in [6.45, 7) is 2.10. The number of carbonyl (C=O) groups excluding carboxylic acids is 1. The number of hydrogen-bond donors (Lipinski definition) is 0. The predicted molar refractivity (Wildman–Crippen MR) is 75.4 cm³/mol. The number of aromatic nitrogens is 5. The number of carbonyl (C=O) groups is 1. The molecule has 0 saturated carbocycles. The molecule has 0 saturated heterocycles. The SMILES string of the molecule is CCOC(=O)c1ccc(-n2nnc3c(Cl)ncnc32)cc1. The molecule has 0 spiro atoms. The van der Waals surface area contributed by atoms with Crippen molar-refractivity contribution in [1.82, 2.24) is 25.0 Å². The summed E-state index contributed by atoms with van der Waals surface area (Å²) >= 11 is 5.93. The van der Waals surface area contributed by atoms with E-state index in [2.05, 4.69) is 20.3 Å². The molecule has 3 rings (SSSR count). The molecule has 21 heavy (non-hydrogen) atoms. The maximum Gasteiger partial charge on any atom is 0.338 e. The topological polar surface area (TPSA) is 82.8 Å². The molecule has 7 nitrogen and oxygen atoms in total. The van der Waals surface area contributed by atoms with Crippen LogP contribution < -0.4 is 0 Å². The third kappa shape index (κ3) is 2.43. The average Bonchev–Trinajstić information content (AvgIpc) is 2.93. The maximum atomic E-state index is 11.6. The lowest BCUT2D eigenvalue weighted by Gasteiger charge is -2.04. The van der Waals surface area contributed by atoms with Gasteiger partial charge in [-0.3, -0.25) is 0 Å². The standard InChI is InChI=1S/C13H10ClN5O2/c1-2-21-13(20)8-3-5-9(6-4-8)19-12-10(17-18-19)11(14)15-7-16-12/h3-7H,2H2,1H3. The molecule has 0 radical (unpaired) electrons. The van der Waals surface area contributed by atoms with Gasteiger partial charge in [-0.05, 0) is 31.2 Å². The number of nitrogens with zero attached hydrogens (tertiary/aromatic N) is 5. The minimum absolute atomic E-state index is 0.245. The molecule has 0 aliphatic carbocycles. The van der Waals surface area contributed by atoms with E-state index in [0.29, 0.717) is 29.0 Å². The van der Waals surface area contributed by atoms with Crippen LogP contribution in [0.5, 0.6) is 0 Å². The smallest absolute Gasteiger partial charge is 0.338 e. The fourth-order valence-electron chi connectivity index (χ4n) is 1.85. The fraction of sp³-hybridized carbons (Fsp3) is 0.154. The van der Waals surface area contributed by atoms with Gasteiger partial charge in [-0.2, -0.15) is 4.68 Å². The Balaban J connectivity index is 2.00. The number of rotatable bonds is 3. The van der Waals surface area contributed by atoms with Gasteiger partial charge in [-0.1, -0.05) is 16.8 Å². The Morgan fingerprint density at radius 1 is 1.29 bits per heavy atom. The van der Waals surface area contributed by atoms with Crippen molar-refractivity contribution in [3.05, 3.63) is 41.3 Å². The predicted octanol–water partition coefficient (Wildman–Crippen LogP) is 2.04. The van der Waals surface area contributed by atoms with Crippen LogP contribution in [-0.4, -0.2) is 37.5 Å². The van der Waals surface area contributed by atoms with E-state index in [1.807, 2.05) is 0 Å². The number of halogens is 1. The summed E-state index contributed by atoms with van der Waals surface area (Å²) in [5.74, 6) is -0.363. The molecule has 0 aliphatic heterocycles. The lowest BCUT2D eigenvalue weighted by Crippen LogP contribution is -2.05. The largest absolute Gasteiger partial charge is 0.462 e. The molecular weight excluding hydrogens is 294 g/mol. The minimum Gasteiger partial charge on any atom is -0.462 e. The summed E-state index contributed by atoms with van der Waals surface area (Å²) in [5, 5.41) is 8.19. The monoisotopic (exact) mass is 303 g/mol. The lowest BCUT2D eigenvalue weighted by atomic mass is 10.2. The highest BCUT2D eigenvalue weighted by molar-refractivity contribution is 6.33. The maximum absolute atomic E-state index is 11.6. The van der Waals surface area contributed by atoms with Crippen LogP contribution in [0.25, 0.3) is 16.9 Å². The summed E-state index contributed by atoms with van der Waals surface area (Å²) in [5.41, 5.74) is 2.10.